The largest absolute Gasteiger partial charge is 0.497 e. The molecule has 3 rings (SSSR count). The maximum absolute atomic E-state index is 13.5. The molecule has 2 aromatic carbocycles. The first-order valence-corrected chi connectivity index (χ1v) is 9.90. The van der Waals surface area contributed by atoms with E-state index in [0.717, 1.165) is 5.56 Å². The van der Waals surface area contributed by atoms with Gasteiger partial charge in [0.2, 0.25) is 0 Å². The number of carbonyl (C=O) groups excluding carboxylic acids is 1. The molecule has 8 heteroatoms. The first-order valence-electron chi connectivity index (χ1n) is 9.90. The summed E-state index contributed by atoms with van der Waals surface area (Å²) in [5.41, 5.74) is -1.71. The molecule has 1 aliphatic heterocycles. The number of aliphatic carboxylic acids is 1. The number of nitrogens with zero attached hydrogens (tertiary/aromatic N) is 1. The van der Waals surface area contributed by atoms with Gasteiger partial charge in [0.1, 0.15) is 11.5 Å². The summed E-state index contributed by atoms with van der Waals surface area (Å²) >= 11 is 0. The first kappa shape index (κ1) is 22.4. The van der Waals surface area contributed by atoms with Crippen LogP contribution in [0, 0.1) is 0 Å². The maximum atomic E-state index is 13.5. The lowest BCUT2D eigenvalue weighted by Crippen LogP contribution is -2.58. The molecule has 1 heterocycles. The molecular weight excluding hydrogens is 400 g/mol. The SMILES string of the molecule is COc1ccc(C2(C(=O)O)OC[C@H](c3ccccc3)N2C(=O)NC(C)(C)C)c(OC)c1. The zero-order valence-corrected chi connectivity index (χ0v) is 18.3. The van der Waals surface area contributed by atoms with Gasteiger partial charge < -0.3 is 24.6 Å². The highest BCUT2D eigenvalue weighted by atomic mass is 16.6. The van der Waals surface area contributed by atoms with Gasteiger partial charge in [-0.25, -0.2) is 9.59 Å². The number of carboxylic acids is 1. The number of carboxylic acid groups (broad SMARTS) is 1. The van der Waals surface area contributed by atoms with Gasteiger partial charge in [-0.05, 0) is 38.5 Å². The van der Waals surface area contributed by atoms with Crippen molar-refractivity contribution in [2.45, 2.75) is 38.1 Å². The maximum Gasteiger partial charge on any atom is 0.362 e. The molecule has 1 fully saturated rings. The lowest BCUT2D eigenvalue weighted by atomic mass is 9.97. The van der Waals surface area contributed by atoms with Gasteiger partial charge >= 0.3 is 12.0 Å². The Morgan fingerprint density at radius 1 is 1.13 bits per heavy atom. The Balaban J connectivity index is 2.22. The van der Waals surface area contributed by atoms with Crippen molar-refractivity contribution in [3.05, 3.63) is 59.7 Å². The van der Waals surface area contributed by atoms with Crippen LogP contribution in [0.2, 0.25) is 0 Å². The zero-order chi connectivity index (χ0) is 22.8. The number of urea groups is 1. The van der Waals surface area contributed by atoms with Crippen molar-refractivity contribution in [2.24, 2.45) is 0 Å². The second-order valence-corrected chi connectivity index (χ2v) is 8.30. The number of ether oxygens (including phenoxy) is 3. The Kier molecular flexibility index (Phi) is 6.13. The topological polar surface area (TPSA) is 97.3 Å². The van der Waals surface area contributed by atoms with E-state index >= 15 is 0 Å². The van der Waals surface area contributed by atoms with Crippen molar-refractivity contribution in [3.8, 4) is 11.5 Å². The summed E-state index contributed by atoms with van der Waals surface area (Å²) in [6.45, 7) is 5.49. The summed E-state index contributed by atoms with van der Waals surface area (Å²) in [6.07, 6.45) is 0. The third-order valence-electron chi connectivity index (χ3n) is 5.05. The van der Waals surface area contributed by atoms with E-state index < -0.39 is 29.3 Å². The standard InChI is InChI=1S/C23H28N2O6/c1-22(2,3)24-21(28)25-18(15-9-7-6-8-10-15)14-31-23(25,20(26)27)17-12-11-16(29-4)13-19(17)30-5/h6-13,18H,14H2,1-5H3,(H,24,28)(H,26,27)/t18-,23?/m1/s1. The van der Waals surface area contributed by atoms with Crippen LogP contribution in [0.5, 0.6) is 11.5 Å². The van der Waals surface area contributed by atoms with E-state index in [0.29, 0.717) is 5.75 Å². The fourth-order valence-electron chi connectivity index (χ4n) is 3.72. The Hall–Kier alpha value is -3.26. The molecule has 0 saturated carbocycles. The van der Waals surface area contributed by atoms with E-state index in [1.807, 2.05) is 51.1 Å². The first-order chi connectivity index (χ1) is 14.6. The summed E-state index contributed by atoms with van der Waals surface area (Å²) in [5, 5.41) is 13.3. The normalized spacial score (nSPS) is 20.9. The van der Waals surface area contributed by atoms with Crippen molar-refractivity contribution in [1.82, 2.24) is 10.2 Å². The average molecular weight is 428 g/mol. The van der Waals surface area contributed by atoms with Crippen LogP contribution in [0.4, 0.5) is 4.79 Å². The van der Waals surface area contributed by atoms with E-state index in [2.05, 4.69) is 5.32 Å². The van der Waals surface area contributed by atoms with Gasteiger partial charge in [-0.2, -0.15) is 0 Å². The molecule has 166 valence electrons. The van der Waals surface area contributed by atoms with Gasteiger partial charge in [-0.3, -0.25) is 4.90 Å². The predicted molar refractivity (Wildman–Crippen MR) is 114 cm³/mol. The van der Waals surface area contributed by atoms with Crippen LogP contribution in [-0.4, -0.2) is 48.4 Å². The summed E-state index contributed by atoms with van der Waals surface area (Å²) in [4.78, 5) is 27.5. The summed E-state index contributed by atoms with van der Waals surface area (Å²) in [7, 11) is 2.93. The lowest BCUT2D eigenvalue weighted by Gasteiger charge is -2.38. The van der Waals surface area contributed by atoms with Gasteiger partial charge in [0, 0.05) is 11.6 Å². The number of carbonyl (C=O) groups is 2. The van der Waals surface area contributed by atoms with Crippen LogP contribution in [0.25, 0.3) is 0 Å². The molecule has 2 atom stereocenters. The predicted octanol–water partition coefficient (Wildman–Crippen LogP) is 3.52. The molecule has 1 unspecified atom stereocenters. The molecule has 0 radical (unpaired) electrons. The van der Waals surface area contributed by atoms with Crippen LogP contribution in [0.3, 0.4) is 0 Å². The second kappa shape index (κ2) is 8.47. The molecule has 2 amide bonds. The quantitative estimate of drug-likeness (QED) is 0.756. The van der Waals surface area contributed by atoms with E-state index in [4.69, 9.17) is 14.2 Å². The van der Waals surface area contributed by atoms with Crippen LogP contribution in [0.15, 0.2) is 48.5 Å². The molecule has 2 N–H and O–H groups in total. The van der Waals surface area contributed by atoms with E-state index in [9.17, 15) is 14.7 Å². The van der Waals surface area contributed by atoms with E-state index in [1.165, 1.54) is 19.1 Å². The van der Waals surface area contributed by atoms with Gasteiger partial charge in [0.15, 0.2) is 0 Å². The minimum Gasteiger partial charge on any atom is -0.497 e. The minimum atomic E-state index is -2.09. The second-order valence-electron chi connectivity index (χ2n) is 8.30. The van der Waals surface area contributed by atoms with Crippen LogP contribution in [-0.2, 0) is 15.3 Å². The number of rotatable bonds is 5. The van der Waals surface area contributed by atoms with Crippen molar-refractivity contribution < 1.29 is 28.9 Å². The van der Waals surface area contributed by atoms with Crippen molar-refractivity contribution in [1.29, 1.82) is 0 Å². The third-order valence-corrected chi connectivity index (χ3v) is 5.05. The van der Waals surface area contributed by atoms with Crippen molar-refractivity contribution >= 4 is 12.0 Å². The highest BCUT2D eigenvalue weighted by Crippen LogP contribution is 2.47. The summed E-state index contributed by atoms with van der Waals surface area (Å²) in [6, 6.07) is 12.8. The molecule has 8 nitrogen and oxygen atoms in total. The molecule has 0 spiro atoms. The molecular formula is C23H28N2O6. The Morgan fingerprint density at radius 3 is 2.35 bits per heavy atom. The van der Waals surface area contributed by atoms with E-state index in [1.54, 1.807) is 18.2 Å². The average Bonchev–Trinajstić information content (AvgIpc) is 3.14. The molecule has 2 aromatic rings. The van der Waals surface area contributed by atoms with Gasteiger partial charge in [0.05, 0.1) is 32.4 Å². The molecule has 0 bridgehead atoms. The van der Waals surface area contributed by atoms with Crippen LogP contribution >= 0.6 is 0 Å². The molecule has 1 saturated heterocycles. The smallest absolute Gasteiger partial charge is 0.362 e. The number of methoxy groups -OCH3 is 2. The molecule has 31 heavy (non-hydrogen) atoms. The van der Waals surface area contributed by atoms with Crippen LogP contribution < -0.4 is 14.8 Å². The fraction of sp³-hybridized carbons (Fsp3) is 0.391. The zero-order valence-electron chi connectivity index (χ0n) is 18.3. The molecule has 1 aliphatic rings. The molecule has 0 aliphatic carbocycles. The van der Waals surface area contributed by atoms with Gasteiger partial charge in [-0.1, -0.05) is 30.3 Å². The van der Waals surface area contributed by atoms with Gasteiger partial charge in [-0.15, -0.1) is 0 Å². The number of amides is 2. The van der Waals surface area contributed by atoms with Crippen molar-refractivity contribution in [3.63, 3.8) is 0 Å². The van der Waals surface area contributed by atoms with Crippen molar-refractivity contribution in [2.75, 3.05) is 20.8 Å². The lowest BCUT2D eigenvalue weighted by molar-refractivity contribution is -0.175. The Bertz CT molecular complexity index is 956. The summed E-state index contributed by atoms with van der Waals surface area (Å²) < 4.78 is 16.7. The minimum absolute atomic E-state index is 0.00304. The Labute approximate surface area is 181 Å². The number of hydrogen-bond acceptors (Lipinski definition) is 5. The third kappa shape index (κ3) is 4.16. The number of hydrogen-bond donors (Lipinski definition) is 2. The highest BCUT2D eigenvalue weighted by Gasteiger charge is 2.59. The number of nitrogens with one attached hydrogen (secondary N) is 1. The monoisotopic (exact) mass is 428 g/mol. The molecule has 0 aromatic heterocycles. The number of benzene rings is 2. The highest BCUT2D eigenvalue weighted by molar-refractivity contribution is 5.88. The summed E-state index contributed by atoms with van der Waals surface area (Å²) in [5.74, 6) is -0.591. The van der Waals surface area contributed by atoms with Crippen LogP contribution in [0.1, 0.15) is 37.9 Å². The Morgan fingerprint density at radius 2 is 1.81 bits per heavy atom. The van der Waals surface area contributed by atoms with Gasteiger partial charge in [0.25, 0.3) is 5.72 Å². The van der Waals surface area contributed by atoms with E-state index in [-0.39, 0.29) is 17.9 Å². The fourth-order valence-corrected chi connectivity index (χ4v) is 3.72.